The Labute approximate surface area is 82.0 Å². The van der Waals surface area contributed by atoms with E-state index in [2.05, 4.69) is 0 Å². The fraction of sp³-hybridized carbons (Fsp3) is 0.400. The highest BCUT2D eigenvalue weighted by Crippen LogP contribution is 2.17. The van der Waals surface area contributed by atoms with Crippen LogP contribution >= 0.6 is 0 Å². The Balaban J connectivity index is 3.62. The lowest BCUT2D eigenvalue weighted by molar-refractivity contribution is 0.452. The molecule has 0 aliphatic rings. The Morgan fingerprint density at radius 2 is 2.14 bits per heavy atom. The lowest BCUT2D eigenvalue weighted by Gasteiger charge is -2.12. The van der Waals surface area contributed by atoms with E-state index in [4.69, 9.17) is 5.26 Å². The zero-order valence-electron chi connectivity index (χ0n) is 8.40. The van der Waals surface area contributed by atoms with Crippen molar-refractivity contribution >= 4 is 0 Å². The lowest BCUT2D eigenvalue weighted by Crippen LogP contribution is -2.24. The van der Waals surface area contributed by atoms with Gasteiger partial charge in [-0.3, -0.25) is 4.79 Å². The van der Waals surface area contributed by atoms with Gasteiger partial charge in [0.05, 0.1) is 0 Å². The van der Waals surface area contributed by atoms with Crippen LogP contribution in [0.3, 0.4) is 0 Å². The Morgan fingerprint density at radius 1 is 1.57 bits per heavy atom. The van der Waals surface area contributed by atoms with Gasteiger partial charge in [-0.15, -0.1) is 0 Å². The topological polar surface area (TPSA) is 66.0 Å². The van der Waals surface area contributed by atoms with Crippen LogP contribution in [0.15, 0.2) is 11.0 Å². The summed E-state index contributed by atoms with van der Waals surface area (Å²) in [6.07, 6.45) is 1.36. The van der Waals surface area contributed by atoms with Crippen molar-refractivity contribution in [3.8, 4) is 11.8 Å². The predicted octanol–water partition coefficient (Wildman–Crippen LogP) is 1.31. The largest absolute Gasteiger partial charge is 0.506 e. The van der Waals surface area contributed by atoms with E-state index in [-0.39, 0.29) is 22.9 Å². The van der Waals surface area contributed by atoms with Gasteiger partial charge in [-0.25, -0.2) is 0 Å². The molecule has 1 heterocycles. The molecule has 0 unspecified atom stereocenters. The van der Waals surface area contributed by atoms with Crippen LogP contribution in [0, 0.1) is 18.3 Å². The molecule has 0 saturated heterocycles. The quantitative estimate of drug-likeness (QED) is 0.729. The molecule has 1 aromatic rings. The third kappa shape index (κ3) is 1.49. The highest BCUT2D eigenvalue weighted by molar-refractivity contribution is 5.42. The molecule has 0 saturated carbocycles. The van der Waals surface area contributed by atoms with Crippen molar-refractivity contribution < 1.29 is 5.11 Å². The summed E-state index contributed by atoms with van der Waals surface area (Å²) in [5.41, 5.74) is 0.00546. The lowest BCUT2D eigenvalue weighted by atomic mass is 10.1. The Morgan fingerprint density at radius 3 is 2.57 bits per heavy atom. The number of hydrogen-bond acceptors (Lipinski definition) is 3. The van der Waals surface area contributed by atoms with Gasteiger partial charge in [0.25, 0.3) is 5.56 Å². The first-order chi connectivity index (χ1) is 6.49. The highest BCUT2D eigenvalue weighted by atomic mass is 16.3. The molecule has 14 heavy (non-hydrogen) atoms. The monoisotopic (exact) mass is 192 g/mol. The standard InChI is InChI=1S/C10H12N2O2/c1-6(2)12-5-9(13)7(3)8(4-11)10(12)14/h5-6,13H,1-3H3. The molecule has 0 fully saturated rings. The van der Waals surface area contributed by atoms with Crippen molar-refractivity contribution in [2.45, 2.75) is 26.8 Å². The summed E-state index contributed by atoms with van der Waals surface area (Å²) in [5.74, 6) is -0.0187. The Kier molecular flexibility index (Phi) is 2.61. The predicted molar refractivity (Wildman–Crippen MR) is 52.2 cm³/mol. The molecule has 0 atom stereocenters. The fourth-order valence-corrected chi connectivity index (χ4v) is 1.22. The maximum atomic E-state index is 11.6. The Bertz CT molecular complexity index is 452. The number of aromatic nitrogens is 1. The number of pyridine rings is 1. The van der Waals surface area contributed by atoms with Crippen molar-refractivity contribution in [1.29, 1.82) is 5.26 Å². The molecule has 0 radical (unpaired) electrons. The van der Waals surface area contributed by atoms with E-state index in [0.717, 1.165) is 0 Å². The summed E-state index contributed by atoms with van der Waals surface area (Å²) >= 11 is 0. The molecular formula is C10H12N2O2. The summed E-state index contributed by atoms with van der Waals surface area (Å²) in [7, 11) is 0. The van der Waals surface area contributed by atoms with Crippen molar-refractivity contribution in [1.82, 2.24) is 4.57 Å². The third-order valence-corrected chi connectivity index (χ3v) is 2.14. The molecule has 0 aromatic carbocycles. The second-order valence-corrected chi connectivity index (χ2v) is 3.43. The van der Waals surface area contributed by atoms with E-state index in [9.17, 15) is 9.90 Å². The zero-order valence-corrected chi connectivity index (χ0v) is 8.40. The minimum Gasteiger partial charge on any atom is -0.506 e. The van der Waals surface area contributed by atoms with Gasteiger partial charge in [0, 0.05) is 17.8 Å². The van der Waals surface area contributed by atoms with Crippen LogP contribution in [0.5, 0.6) is 5.75 Å². The summed E-state index contributed by atoms with van der Waals surface area (Å²) in [4.78, 5) is 11.6. The minimum atomic E-state index is -0.349. The molecule has 1 aromatic heterocycles. The number of rotatable bonds is 1. The molecule has 0 spiro atoms. The minimum absolute atomic E-state index is 0.0127. The van der Waals surface area contributed by atoms with Gasteiger partial charge < -0.3 is 9.67 Å². The first-order valence-electron chi connectivity index (χ1n) is 4.33. The summed E-state index contributed by atoms with van der Waals surface area (Å²) in [5, 5.41) is 18.2. The van der Waals surface area contributed by atoms with Gasteiger partial charge in [-0.2, -0.15) is 5.26 Å². The van der Waals surface area contributed by atoms with E-state index in [1.54, 1.807) is 13.0 Å². The maximum absolute atomic E-state index is 11.6. The van der Waals surface area contributed by atoms with Crippen LogP contribution in [-0.4, -0.2) is 9.67 Å². The summed E-state index contributed by atoms with van der Waals surface area (Å²) in [6.45, 7) is 5.19. The van der Waals surface area contributed by atoms with Crippen molar-refractivity contribution in [3.05, 3.63) is 27.7 Å². The van der Waals surface area contributed by atoms with Crippen LogP contribution in [0.2, 0.25) is 0 Å². The third-order valence-electron chi connectivity index (χ3n) is 2.14. The molecular weight excluding hydrogens is 180 g/mol. The molecule has 0 aliphatic heterocycles. The van der Waals surface area contributed by atoms with E-state index in [1.165, 1.54) is 10.8 Å². The molecule has 74 valence electrons. The SMILES string of the molecule is Cc1c(O)cn(C(C)C)c(=O)c1C#N. The fourth-order valence-electron chi connectivity index (χ4n) is 1.22. The number of nitriles is 1. The molecule has 1 N–H and O–H groups in total. The molecule has 0 bridgehead atoms. The molecule has 0 aliphatic carbocycles. The van der Waals surface area contributed by atoms with Gasteiger partial charge in [0.2, 0.25) is 0 Å². The van der Waals surface area contributed by atoms with Gasteiger partial charge in [-0.05, 0) is 20.8 Å². The van der Waals surface area contributed by atoms with Crippen LogP contribution in [0.4, 0.5) is 0 Å². The molecule has 0 amide bonds. The van der Waals surface area contributed by atoms with Crippen LogP contribution in [0.25, 0.3) is 0 Å². The van der Waals surface area contributed by atoms with Gasteiger partial charge >= 0.3 is 0 Å². The maximum Gasteiger partial charge on any atom is 0.269 e. The highest BCUT2D eigenvalue weighted by Gasteiger charge is 2.12. The summed E-state index contributed by atoms with van der Waals surface area (Å²) in [6, 6.07) is 1.74. The van der Waals surface area contributed by atoms with Crippen molar-refractivity contribution in [2.24, 2.45) is 0 Å². The second-order valence-electron chi connectivity index (χ2n) is 3.43. The first kappa shape index (κ1) is 10.3. The molecule has 4 nitrogen and oxygen atoms in total. The average molecular weight is 192 g/mol. The number of aromatic hydroxyl groups is 1. The smallest absolute Gasteiger partial charge is 0.269 e. The normalized spacial score (nSPS) is 10.2. The second kappa shape index (κ2) is 3.54. The van der Waals surface area contributed by atoms with E-state index in [1.807, 2.05) is 13.8 Å². The zero-order chi connectivity index (χ0) is 10.9. The van der Waals surface area contributed by atoms with Crippen molar-refractivity contribution in [2.75, 3.05) is 0 Å². The average Bonchev–Trinajstić information content (AvgIpc) is 2.12. The van der Waals surface area contributed by atoms with Crippen molar-refractivity contribution in [3.63, 3.8) is 0 Å². The van der Waals surface area contributed by atoms with E-state index in [0.29, 0.717) is 5.56 Å². The van der Waals surface area contributed by atoms with Crippen LogP contribution in [-0.2, 0) is 0 Å². The number of nitrogens with zero attached hydrogens (tertiary/aromatic N) is 2. The van der Waals surface area contributed by atoms with Gasteiger partial charge in [-0.1, -0.05) is 0 Å². The Hall–Kier alpha value is -1.76. The molecule has 4 heteroatoms. The summed E-state index contributed by atoms with van der Waals surface area (Å²) < 4.78 is 1.35. The van der Waals surface area contributed by atoms with Crippen LogP contribution in [0.1, 0.15) is 31.0 Å². The number of hydrogen-bond donors (Lipinski definition) is 1. The van der Waals surface area contributed by atoms with E-state index < -0.39 is 0 Å². The van der Waals surface area contributed by atoms with Crippen LogP contribution < -0.4 is 5.56 Å². The van der Waals surface area contributed by atoms with E-state index >= 15 is 0 Å². The van der Waals surface area contributed by atoms with Gasteiger partial charge in [0.15, 0.2) is 0 Å². The van der Waals surface area contributed by atoms with Gasteiger partial charge in [0.1, 0.15) is 17.4 Å². The molecule has 1 rings (SSSR count). The first-order valence-corrected chi connectivity index (χ1v) is 4.33.